The summed E-state index contributed by atoms with van der Waals surface area (Å²) in [4.78, 5) is 0. The van der Waals surface area contributed by atoms with E-state index in [0.29, 0.717) is 0 Å². The predicted octanol–water partition coefficient (Wildman–Crippen LogP) is 10.5. The molecule has 0 bridgehead atoms. The van der Waals surface area contributed by atoms with Gasteiger partial charge in [0.05, 0.1) is 0 Å². The highest BCUT2D eigenvalue weighted by Gasteiger charge is 2.41. The van der Waals surface area contributed by atoms with Crippen molar-refractivity contribution in [3.63, 3.8) is 0 Å². The first kappa shape index (κ1) is 29.2. The van der Waals surface area contributed by atoms with Crippen molar-refractivity contribution in [1.82, 2.24) is 0 Å². The molecular formula is C39H46N2O2. The highest BCUT2D eigenvalue weighted by Crippen LogP contribution is 2.51. The molecule has 2 saturated carbocycles. The third-order valence-electron chi connectivity index (χ3n) is 10.2. The van der Waals surface area contributed by atoms with Gasteiger partial charge in [0.1, 0.15) is 23.0 Å². The Morgan fingerprint density at radius 2 is 0.907 bits per heavy atom. The van der Waals surface area contributed by atoms with E-state index >= 15 is 0 Å². The molecule has 0 spiro atoms. The second-order valence-electron chi connectivity index (χ2n) is 12.9. The van der Waals surface area contributed by atoms with E-state index in [1.807, 2.05) is 48.5 Å². The van der Waals surface area contributed by atoms with Crippen LogP contribution in [0.3, 0.4) is 0 Å². The molecule has 0 unspecified atom stereocenters. The number of nitrogens with two attached hydrogens (primary N) is 2. The lowest BCUT2D eigenvalue weighted by Crippen LogP contribution is -2.35. The summed E-state index contributed by atoms with van der Waals surface area (Å²) in [5.74, 6) is 5.98. The number of hydrogen-bond acceptors (Lipinski definition) is 4. The maximum Gasteiger partial charge on any atom is 0.127 e. The van der Waals surface area contributed by atoms with Gasteiger partial charge in [0.2, 0.25) is 0 Å². The normalized spacial score (nSPS) is 20.4. The van der Waals surface area contributed by atoms with Crippen LogP contribution in [-0.2, 0) is 5.41 Å². The SMILES string of the molecule is CCC[C@H]1CC[C@H](C2CCC(c3ccc(Oc4ccc(N)cc4)cc3)(c3ccc(Oc4ccc(N)cc4)cc3)CC2)CC1. The van der Waals surface area contributed by atoms with Crippen molar-refractivity contribution in [1.29, 1.82) is 0 Å². The van der Waals surface area contributed by atoms with Crippen molar-refractivity contribution in [2.45, 2.75) is 76.5 Å². The third kappa shape index (κ3) is 6.85. The number of benzene rings is 4. The van der Waals surface area contributed by atoms with Crippen molar-refractivity contribution in [2.75, 3.05) is 11.5 Å². The van der Waals surface area contributed by atoms with Crippen LogP contribution >= 0.6 is 0 Å². The van der Waals surface area contributed by atoms with Crippen molar-refractivity contribution in [2.24, 2.45) is 17.8 Å². The van der Waals surface area contributed by atoms with E-state index in [9.17, 15) is 0 Å². The Kier molecular flexibility index (Phi) is 8.92. The van der Waals surface area contributed by atoms with Gasteiger partial charge in [-0.2, -0.15) is 0 Å². The molecule has 0 aliphatic heterocycles. The Balaban J connectivity index is 1.21. The van der Waals surface area contributed by atoms with Gasteiger partial charge in [0.25, 0.3) is 0 Å². The van der Waals surface area contributed by atoms with E-state index in [-0.39, 0.29) is 5.41 Å². The van der Waals surface area contributed by atoms with Crippen LogP contribution in [0.15, 0.2) is 97.1 Å². The average molecular weight is 575 g/mol. The molecule has 0 radical (unpaired) electrons. The molecule has 2 fully saturated rings. The molecule has 4 aromatic rings. The first-order valence-corrected chi connectivity index (χ1v) is 16.3. The van der Waals surface area contributed by atoms with Gasteiger partial charge in [-0.15, -0.1) is 0 Å². The molecule has 6 rings (SSSR count). The van der Waals surface area contributed by atoms with Gasteiger partial charge in [-0.05, 0) is 140 Å². The number of anilines is 2. The largest absolute Gasteiger partial charge is 0.457 e. The fourth-order valence-electron chi connectivity index (χ4n) is 7.73. The standard InChI is InChI=1S/C39H46N2O2/c1-2-3-28-4-6-29(7-5-28)30-24-26-39(27-25-30,31-8-16-35(17-9-31)42-37-20-12-33(40)13-21-37)32-10-18-36(19-11-32)43-38-22-14-34(41)15-23-38/h8-23,28-30H,2-7,24-27,40-41H2,1H3/t28-,29-. The van der Waals surface area contributed by atoms with Gasteiger partial charge in [-0.1, -0.05) is 56.9 Å². The van der Waals surface area contributed by atoms with Crippen molar-refractivity contribution >= 4 is 11.4 Å². The molecule has 4 N–H and O–H groups in total. The molecule has 0 aromatic heterocycles. The number of ether oxygens (including phenoxy) is 2. The molecule has 43 heavy (non-hydrogen) atoms. The highest BCUT2D eigenvalue weighted by atomic mass is 16.5. The minimum atomic E-state index is -0.0185. The second kappa shape index (κ2) is 13.2. The van der Waals surface area contributed by atoms with Gasteiger partial charge in [-0.3, -0.25) is 0 Å². The number of hydrogen-bond donors (Lipinski definition) is 2. The highest BCUT2D eigenvalue weighted by molar-refractivity contribution is 5.47. The van der Waals surface area contributed by atoms with Gasteiger partial charge >= 0.3 is 0 Å². The fourth-order valence-corrected chi connectivity index (χ4v) is 7.73. The first-order chi connectivity index (χ1) is 21.0. The molecule has 0 heterocycles. The van der Waals surface area contributed by atoms with Crippen molar-refractivity contribution in [3.8, 4) is 23.0 Å². The molecule has 224 valence electrons. The van der Waals surface area contributed by atoms with E-state index in [1.54, 1.807) is 0 Å². The Labute approximate surface area is 257 Å². The van der Waals surface area contributed by atoms with Gasteiger partial charge in [0, 0.05) is 16.8 Å². The van der Waals surface area contributed by atoms with E-state index in [1.165, 1.54) is 75.3 Å². The molecule has 0 atom stereocenters. The lowest BCUT2D eigenvalue weighted by Gasteiger charge is -2.44. The molecule has 0 amide bonds. The van der Waals surface area contributed by atoms with Crippen LogP contribution < -0.4 is 20.9 Å². The molecule has 4 heteroatoms. The smallest absolute Gasteiger partial charge is 0.127 e. The fraction of sp³-hybridized carbons (Fsp3) is 0.385. The minimum Gasteiger partial charge on any atom is -0.457 e. The Morgan fingerprint density at radius 1 is 0.535 bits per heavy atom. The minimum absolute atomic E-state index is 0.0185. The van der Waals surface area contributed by atoms with E-state index in [2.05, 4.69) is 55.5 Å². The zero-order chi connectivity index (χ0) is 29.6. The summed E-state index contributed by atoms with van der Waals surface area (Å²) in [5.41, 5.74) is 15.9. The monoisotopic (exact) mass is 574 g/mol. The van der Waals surface area contributed by atoms with E-state index in [4.69, 9.17) is 20.9 Å². The van der Waals surface area contributed by atoms with Crippen LogP contribution in [0.1, 0.15) is 82.3 Å². The summed E-state index contributed by atoms with van der Waals surface area (Å²) in [6, 6.07) is 32.7. The maximum absolute atomic E-state index is 6.14. The lowest BCUT2D eigenvalue weighted by molar-refractivity contribution is 0.141. The zero-order valence-electron chi connectivity index (χ0n) is 25.5. The molecule has 0 saturated heterocycles. The molecule has 4 aromatic carbocycles. The number of rotatable bonds is 9. The van der Waals surface area contributed by atoms with E-state index < -0.39 is 0 Å². The lowest BCUT2D eigenvalue weighted by atomic mass is 9.60. The van der Waals surface area contributed by atoms with Gasteiger partial charge in [-0.25, -0.2) is 0 Å². The van der Waals surface area contributed by atoms with Crippen LogP contribution in [0.25, 0.3) is 0 Å². The summed E-state index contributed by atoms with van der Waals surface area (Å²) in [6.07, 6.45) is 13.4. The Morgan fingerprint density at radius 3 is 1.30 bits per heavy atom. The summed E-state index contributed by atoms with van der Waals surface area (Å²) >= 11 is 0. The molecular weight excluding hydrogens is 528 g/mol. The summed E-state index contributed by atoms with van der Waals surface area (Å²) in [5, 5.41) is 0. The van der Waals surface area contributed by atoms with Gasteiger partial charge < -0.3 is 20.9 Å². The van der Waals surface area contributed by atoms with Crippen LogP contribution in [0.4, 0.5) is 11.4 Å². The van der Waals surface area contributed by atoms with Crippen LogP contribution in [0, 0.1) is 17.8 Å². The van der Waals surface area contributed by atoms with Crippen molar-refractivity contribution in [3.05, 3.63) is 108 Å². The predicted molar refractivity (Wildman–Crippen MR) is 178 cm³/mol. The van der Waals surface area contributed by atoms with Crippen LogP contribution in [0.5, 0.6) is 23.0 Å². The topological polar surface area (TPSA) is 70.5 Å². The second-order valence-corrected chi connectivity index (χ2v) is 12.9. The summed E-state index contributed by atoms with van der Waals surface area (Å²) < 4.78 is 12.3. The molecule has 2 aliphatic rings. The Hall–Kier alpha value is -3.92. The maximum atomic E-state index is 6.14. The van der Waals surface area contributed by atoms with E-state index in [0.717, 1.165) is 52.1 Å². The van der Waals surface area contributed by atoms with Crippen LogP contribution in [-0.4, -0.2) is 0 Å². The molecule has 4 nitrogen and oxygen atoms in total. The summed E-state index contributed by atoms with van der Waals surface area (Å²) in [7, 11) is 0. The molecule has 2 aliphatic carbocycles. The van der Waals surface area contributed by atoms with Crippen LogP contribution in [0.2, 0.25) is 0 Å². The zero-order valence-corrected chi connectivity index (χ0v) is 25.5. The summed E-state index contributed by atoms with van der Waals surface area (Å²) in [6.45, 7) is 2.33. The third-order valence-corrected chi connectivity index (χ3v) is 10.2. The quantitative estimate of drug-likeness (QED) is 0.195. The van der Waals surface area contributed by atoms with Crippen molar-refractivity contribution < 1.29 is 9.47 Å². The number of nitrogen functional groups attached to an aromatic ring is 2. The Bertz CT molecular complexity index is 1340. The first-order valence-electron chi connectivity index (χ1n) is 16.3. The average Bonchev–Trinajstić information content (AvgIpc) is 3.05. The van der Waals surface area contributed by atoms with Gasteiger partial charge in [0.15, 0.2) is 0 Å².